The third-order valence-electron chi connectivity index (χ3n) is 6.86. The standard InChI is InChI=1S/C33H32Cl3N3O4S/c1-2-18-37-33(41)31(20-24-10-5-3-6-11-24)38(22-25-16-17-29(35)30(36)19-25)32(40)23-39(27-13-9-12-26(34)21-27)44(42,43)28-14-7-4-8-15-28/h3-17,19,21,31H,2,18,20,22-23H2,1H3,(H,37,41)/t31-/m1/s1. The lowest BCUT2D eigenvalue weighted by Gasteiger charge is -2.34. The van der Waals surface area contributed by atoms with Crippen molar-refractivity contribution in [3.05, 3.63) is 129 Å². The Morgan fingerprint density at radius 3 is 2.11 bits per heavy atom. The predicted molar refractivity (Wildman–Crippen MR) is 177 cm³/mol. The molecule has 0 radical (unpaired) electrons. The minimum absolute atomic E-state index is 0.00494. The van der Waals surface area contributed by atoms with Crippen LogP contribution in [0.3, 0.4) is 0 Å². The van der Waals surface area contributed by atoms with E-state index in [1.807, 2.05) is 37.3 Å². The van der Waals surface area contributed by atoms with Gasteiger partial charge in [0.2, 0.25) is 11.8 Å². The number of anilines is 1. The van der Waals surface area contributed by atoms with Crippen LogP contribution in [0.1, 0.15) is 24.5 Å². The number of carbonyl (C=O) groups is 2. The molecule has 0 saturated carbocycles. The number of nitrogens with zero attached hydrogens (tertiary/aromatic N) is 2. The van der Waals surface area contributed by atoms with Gasteiger partial charge in [-0.3, -0.25) is 13.9 Å². The number of halogens is 3. The summed E-state index contributed by atoms with van der Waals surface area (Å²) in [4.78, 5) is 29.5. The maximum atomic E-state index is 14.4. The van der Waals surface area contributed by atoms with Crippen LogP contribution in [0, 0.1) is 0 Å². The Hall–Kier alpha value is -3.56. The van der Waals surface area contributed by atoms with Gasteiger partial charge in [-0.15, -0.1) is 0 Å². The summed E-state index contributed by atoms with van der Waals surface area (Å²) in [6, 6.07) is 27.4. The molecule has 0 spiro atoms. The molecule has 4 aromatic carbocycles. The average Bonchev–Trinajstić information content (AvgIpc) is 3.02. The summed E-state index contributed by atoms with van der Waals surface area (Å²) in [7, 11) is -4.22. The van der Waals surface area contributed by atoms with Crippen molar-refractivity contribution in [3.8, 4) is 0 Å². The first kappa shape index (κ1) is 33.3. The Kier molecular flexibility index (Phi) is 11.7. The predicted octanol–water partition coefficient (Wildman–Crippen LogP) is 7.01. The molecule has 1 N–H and O–H groups in total. The van der Waals surface area contributed by atoms with E-state index in [1.165, 1.54) is 23.1 Å². The number of hydrogen-bond acceptors (Lipinski definition) is 4. The van der Waals surface area contributed by atoms with Gasteiger partial charge in [-0.05, 0) is 60.0 Å². The van der Waals surface area contributed by atoms with Crippen molar-refractivity contribution in [2.45, 2.75) is 37.2 Å². The summed E-state index contributed by atoms with van der Waals surface area (Å²) in [5, 5.41) is 3.85. The van der Waals surface area contributed by atoms with Gasteiger partial charge in [0.05, 0.1) is 20.6 Å². The molecule has 0 aromatic heterocycles. The van der Waals surface area contributed by atoms with Crippen LogP contribution < -0.4 is 9.62 Å². The SMILES string of the molecule is CCCNC(=O)[C@@H](Cc1ccccc1)N(Cc1ccc(Cl)c(Cl)c1)C(=O)CN(c1cccc(Cl)c1)S(=O)(=O)c1ccccc1. The minimum atomic E-state index is -4.22. The molecule has 0 aliphatic heterocycles. The van der Waals surface area contributed by atoms with E-state index in [9.17, 15) is 18.0 Å². The van der Waals surface area contributed by atoms with E-state index in [1.54, 1.807) is 54.6 Å². The van der Waals surface area contributed by atoms with Crippen molar-refractivity contribution < 1.29 is 18.0 Å². The normalized spacial score (nSPS) is 11.9. The van der Waals surface area contributed by atoms with Gasteiger partial charge in [0.15, 0.2) is 0 Å². The highest BCUT2D eigenvalue weighted by atomic mass is 35.5. The summed E-state index contributed by atoms with van der Waals surface area (Å²) in [5.74, 6) is -0.951. The van der Waals surface area contributed by atoms with Gasteiger partial charge in [0.25, 0.3) is 10.0 Å². The van der Waals surface area contributed by atoms with Gasteiger partial charge in [-0.25, -0.2) is 8.42 Å². The molecule has 0 unspecified atom stereocenters. The molecule has 0 aliphatic rings. The van der Waals surface area contributed by atoms with Crippen LogP contribution in [0.5, 0.6) is 0 Å². The molecular formula is C33H32Cl3N3O4S. The molecule has 0 aliphatic carbocycles. The largest absolute Gasteiger partial charge is 0.354 e. The van der Waals surface area contributed by atoms with E-state index in [2.05, 4.69) is 5.32 Å². The second-order valence-corrected chi connectivity index (χ2v) is 13.2. The first-order valence-corrected chi connectivity index (χ1v) is 16.6. The molecule has 1 atom stereocenters. The molecule has 4 aromatic rings. The number of sulfonamides is 1. The topological polar surface area (TPSA) is 86.8 Å². The fourth-order valence-corrected chi connectivity index (χ4v) is 6.57. The first-order chi connectivity index (χ1) is 21.1. The lowest BCUT2D eigenvalue weighted by molar-refractivity contribution is -0.140. The van der Waals surface area contributed by atoms with Crippen LogP contribution in [-0.2, 0) is 32.6 Å². The molecule has 0 fully saturated rings. The third kappa shape index (κ3) is 8.54. The Morgan fingerprint density at radius 2 is 1.48 bits per heavy atom. The molecule has 0 heterocycles. The van der Waals surface area contributed by atoms with E-state index in [4.69, 9.17) is 34.8 Å². The van der Waals surface area contributed by atoms with E-state index >= 15 is 0 Å². The highest BCUT2D eigenvalue weighted by Crippen LogP contribution is 2.28. The van der Waals surface area contributed by atoms with Crippen LogP contribution in [0.15, 0.2) is 108 Å². The Labute approximate surface area is 273 Å². The zero-order valence-corrected chi connectivity index (χ0v) is 27.1. The lowest BCUT2D eigenvalue weighted by Crippen LogP contribution is -2.53. The summed E-state index contributed by atoms with van der Waals surface area (Å²) in [6.07, 6.45) is 0.897. The fraction of sp³-hybridized carbons (Fsp3) is 0.212. The number of rotatable bonds is 13. The van der Waals surface area contributed by atoms with E-state index in [0.717, 1.165) is 9.87 Å². The van der Waals surface area contributed by atoms with Crippen molar-refractivity contribution in [2.75, 3.05) is 17.4 Å². The summed E-state index contributed by atoms with van der Waals surface area (Å²) < 4.78 is 29.0. The van der Waals surface area contributed by atoms with Gasteiger partial charge in [0.1, 0.15) is 12.6 Å². The van der Waals surface area contributed by atoms with Crippen molar-refractivity contribution >= 4 is 62.3 Å². The third-order valence-corrected chi connectivity index (χ3v) is 9.63. The van der Waals surface area contributed by atoms with Gasteiger partial charge in [0, 0.05) is 24.5 Å². The minimum Gasteiger partial charge on any atom is -0.354 e. The summed E-state index contributed by atoms with van der Waals surface area (Å²) >= 11 is 18.7. The molecule has 0 saturated heterocycles. The van der Waals surface area contributed by atoms with Crippen LogP contribution in [0.2, 0.25) is 15.1 Å². The second-order valence-electron chi connectivity index (χ2n) is 10.1. The molecule has 7 nitrogen and oxygen atoms in total. The molecular weight excluding hydrogens is 641 g/mol. The van der Waals surface area contributed by atoms with Gasteiger partial charge >= 0.3 is 0 Å². The molecule has 44 heavy (non-hydrogen) atoms. The monoisotopic (exact) mass is 671 g/mol. The number of amides is 2. The molecule has 11 heteroatoms. The first-order valence-electron chi connectivity index (χ1n) is 14.0. The highest BCUT2D eigenvalue weighted by molar-refractivity contribution is 7.92. The molecule has 2 amide bonds. The lowest BCUT2D eigenvalue weighted by atomic mass is 10.0. The molecule has 230 valence electrons. The van der Waals surface area contributed by atoms with Crippen LogP contribution in [-0.4, -0.2) is 44.3 Å². The number of hydrogen-bond donors (Lipinski definition) is 1. The van der Waals surface area contributed by atoms with Crippen molar-refractivity contribution in [3.63, 3.8) is 0 Å². The average molecular weight is 673 g/mol. The zero-order chi connectivity index (χ0) is 31.7. The zero-order valence-electron chi connectivity index (χ0n) is 24.0. The van der Waals surface area contributed by atoms with E-state index in [0.29, 0.717) is 33.6 Å². The van der Waals surface area contributed by atoms with Crippen LogP contribution in [0.4, 0.5) is 5.69 Å². The molecule has 0 bridgehead atoms. The Morgan fingerprint density at radius 1 is 0.795 bits per heavy atom. The maximum absolute atomic E-state index is 14.4. The van der Waals surface area contributed by atoms with Crippen molar-refractivity contribution in [2.24, 2.45) is 0 Å². The molecule has 4 rings (SSSR count). The van der Waals surface area contributed by atoms with Crippen LogP contribution in [0.25, 0.3) is 0 Å². The van der Waals surface area contributed by atoms with Gasteiger partial charge in [-0.2, -0.15) is 0 Å². The summed E-state index contributed by atoms with van der Waals surface area (Å²) in [5.41, 5.74) is 1.66. The van der Waals surface area contributed by atoms with Gasteiger partial charge in [-0.1, -0.05) is 102 Å². The van der Waals surface area contributed by atoms with Crippen molar-refractivity contribution in [1.29, 1.82) is 0 Å². The Bertz CT molecular complexity index is 1690. The number of nitrogens with one attached hydrogen (secondary N) is 1. The Balaban J connectivity index is 1.80. The fourth-order valence-electron chi connectivity index (χ4n) is 4.63. The van der Waals surface area contributed by atoms with Crippen LogP contribution >= 0.6 is 34.8 Å². The van der Waals surface area contributed by atoms with Gasteiger partial charge < -0.3 is 10.2 Å². The second kappa shape index (κ2) is 15.4. The van der Waals surface area contributed by atoms with Crippen molar-refractivity contribution in [1.82, 2.24) is 10.2 Å². The number of benzene rings is 4. The summed E-state index contributed by atoms with van der Waals surface area (Å²) in [6.45, 7) is 1.73. The van der Waals surface area contributed by atoms with E-state index < -0.39 is 28.5 Å². The number of carbonyl (C=O) groups excluding carboxylic acids is 2. The smallest absolute Gasteiger partial charge is 0.264 e. The highest BCUT2D eigenvalue weighted by Gasteiger charge is 2.34. The van der Waals surface area contributed by atoms with E-state index in [-0.39, 0.29) is 29.5 Å². The maximum Gasteiger partial charge on any atom is 0.264 e. The quantitative estimate of drug-likeness (QED) is 0.166.